The van der Waals surface area contributed by atoms with E-state index in [1.807, 2.05) is 6.92 Å². The second kappa shape index (κ2) is 7.66. The average molecular weight is 382 g/mol. The fraction of sp³-hybridized carbons (Fsp3) is 0.391. The molecule has 0 aromatic heterocycles. The minimum Gasteiger partial charge on any atom is -0.508 e. The van der Waals surface area contributed by atoms with Gasteiger partial charge in [-0.25, -0.2) is 9.59 Å². The van der Waals surface area contributed by atoms with Gasteiger partial charge in [0.2, 0.25) is 0 Å². The van der Waals surface area contributed by atoms with E-state index in [1.54, 1.807) is 32.0 Å². The molecule has 0 bridgehead atoms. The molecule has 0 unspecified atom stereocenters. The molecule has 1 aliphatic rings. The summed E-state index contributed by atoms with van der Waals surface area (Å²) < 4.78 is 0. The molecule has 3 rings (SSSR count). The second-order valence-electron chi connectivity index (χ2n) is 7.73. The highest BCUT2D eigenvalue weighted by atomic mass is 16.4. The highest BCUT2D eigenvalue weighted by Crippen LogP contribution is 2.45. The van der Waals surface area contributed by atoms with Crippen molar-refractivity contribution in [3.63, 3.8) is 0 Å². The highest BCUT2D eigenvalue weighted by Gasteiger charge is 2.32. The van der Waals surface area contributed by atoms with Gasteiger partial charge in [0.25, 0.3) is 0 Å². The number of carboxylic acids is 2. The zero-order valence-electron chi connectivity index (χ0n) is 16.5. The first-order chi connectivity index (χ1) is 13.2. The smallest absolute Gasteiger partial charge is 0.336 e. The molecule has 28 heavy (non-hydrogen) atoms. The number of rotatable bonds is 4. The number of aromatic hydroxyl groups is 1. The first-order valence-electron chi connectivity index (χ1n) is 9.67. The fourth-order valence-corrected chi connectivity index (χ4v) is 4.73. The number of benzene rings is 2. The Morgan fingerprint density at radius 2 is 1.50 bits per heavy atom. The van der Waals surface area contributed by atoms with Gasteiger partial charge in [-0.05, 0) is 85.0 Å². The SMILES string of the molecule is Cc1cc(O)ccc1-c1c(C)c(C(=O)O)c(C)c(C(=O)O)c1C1CCCCC1. The standard InChI is InChI=1S/C23H26O5/c1-12-11-16(24)9-10-17(12)19-13(2)18(22(25)26)14(3)20(23(27)28)21(19)15-7-5-4-6-8-15/h9-11,15,24H,4-8H2,1-3H3,(H,25,26)(H,27,28). The number of carboxylic acid groups (broad SMARTS) is 2. The van der Waals surface area contributed by atoms with Crippen molar-refractivity contribution in [3.8, 4) is 16.9 Å². The van der Waals surface area contributed by atoms with Crippen molar-refractivity contribution in [1.29, 1.82) is 0 Å². The lowest BCUT2D eigenvalue weighted by molar-refractivity contribution is 0.0694. The van der Waals surface area contributed by atoms with E-state index in [1.165, 1.54) is 0 Å². The Kier molecular flexibility index (Phi) is 5.45. The predicted molar refractivity (Wildman–Crippen MR) is 107 cm³/mol. The summed E-state index contributed by atoms with van der Waals surface area (Å²) in [4.78, 5) is 24.3. The van der Waals surface area contributed by atoms with Gasteiger partial charge in [0.05, 0.1) is 11.1 Å². The van der Waals surface area contributed by atoms with Crippen LogP contribution in [0.4, 0.5) is 0 Å². The van der Waals surface area contributed by atoms with Crippen molar-refractivity contribution in [1.82, 2.24) is 0 Å². The molecule has 0 radical (unpaired) electrons. The van der Waals surface area contributed by atoms with Gasteiger partial charge in [0.1, 0.15) is 5.75 Å². The number of hydrogen-bond acceptors (Lipinski definition) is 3. The monoisotopic (exact) mass is 382 g/mol. The van der Waals surface area contributed by atoms with Crippen molar-refractivity contribution < 1.29 is 24.9 Å². The summed E-state index contributed by atoms with van der Waals surface area (Å²) in [5.41, 5.74) is 4.10. The molecular formula is C23H26O5. The first-order valence-corrected chi connectivity index (χ1v) is 9.67. The molecule has 0 atom stereocenters. The van der Waals surface area contributed by atoms with E-state index in [4.69, 9.17) is 0 Å². The maximum absolute atomic E-state index is 12.3. The van der Waals surface area contributed by atoms with Gasteiger partial charge >= 0.3 is 11.9 Å². The van der Waals surface area contributed by atoms with E-state index in [0.29, 0.717) is 16.7 Å². The first kappa shape index (κ1) is 19.9. The summed E-state index contributed by atoms with van der Waals surface area (Å²) in [7, 11) is 0. The molecule has 148 valence electrons. The van der Waals surface area contributed by atoms with Crippen molar-refractivity contribution in [2.45, 2.75) is 58.8 Å². The molecule has 0 spiro atoms. The van der Waals surface area contributed by atoms with Crippen LogP contribution in [0, 0.1) is 20.8 Å². The van der Waals surface area contributed by atoms with Crippen LogP contribution >= 0.6 is 0 Å². The quantitative estimate of drug-likeness (QED) is 0.655. The minimum absolute atomic E-state index is 0.0550. The van der Waals surface area contributed by atoms with E-state index in [9.17, 15) is 24.9 Å². The predicted octanol–water partition coefficient (Wildman–Crippen LogP) is 5.43. The van der Waals surface area contributed by atoms with Crippen LogP contribution in [0.2, 0.25) is 0 Å². The highest BCUT2D eigenvalue weighted by molar-refractivity contribution is 6.02. The zero-order valence-corrected chi connectivity index (χ0v) is 16.5. The molecule has 5 nitrogen and oxygen atoms in total. The van der Waals surface area contributed by atoms with Gasteiger partial charge < -0.3 is 15.3 Å². The number of aromatic carboxylic acids is 2. The van der Waals surface area contributed by atoms with Crippen molar-refractivity contribution in [3.05, 3.63) is 51.6 Å². The summed E-state index contributed by atoms with van der Waals surface area (Å²) in [5, 5.41) is 29.6. The Balaban J connectivity index is 2.46. The van der Waals surface area contributed by atoms with Gasteiger partial charge in [0, 0.05) is 0 Å². The van der Waals surface area contributed by atoms with Gasteiger partial charge in [-0.2, -0.15) is 0 Å². The molecule has 0 heterocycles. The van der Waals surface area contributed by atoms with E-state index < -0.39 is 11.9 Å². The van der Waals surface area contributed by atoms with E-state index >= 15 is 0 Å². The van der Waals surface area contributed by atoms with Crippen LogP contribution in [0.5, 0.6) is 5.75 Å². The van der Waals surface area contributed by atoms with Crippen LogP contribution in [0.15, 0.2) is 18.2 Å². The molecule has 2 aromatic carbocycles. The van der Waals surface area contributed by atoms with E-state index in [0.717, 1.165) is 48.8 Å². The van der Waals surface area contributed by atoms with Gasteiger partial charge in [-0.15, -0.1) is 0 Å². The number of carbonyl (C=O) groups is 2. The number of aryl methyl sites for hydroxylation is 1. The van der Waals surface area contributed by atoms with E-state index in [-0.39, 0.29) is 22.8 Å². The van der Waals surface area contributed by atoms with Crippen molar-refractivity contribution in [2.24, 2.45) is 0 Å². The largest absolute Gasteiger partial charge is 0.508 e. The van der Waals surface area contributed by atoms with Crippen LogP contribution in [0.25, 0.3) is 11.1 Å². The van der Waals surface area contributed by atoms with Crippen molar-refractivity contribution in [2.75, 3.05) is 0 Å². The Bertz CT molecular complexity index is 952. The Morgan fingerprint density at radius 3 is 2.04 bits per heavy atom. The molecule has 1 fully saturated rings. The normalized spacial score (nSPS) is 14.8. The number of hydrogen-bond donors (Lipinski definition) is 3. The lowest BCUT2D eigenvalue weighted by Gasteiger charge is -2.29. The second-order valence-corrected chi connectivity index (χ2v) is 7.73. The van der Waals surface area contributed by atoms with Gasteiger partial charge in [0.15, 0.2) is 0 Å². The Hall–Kier alpha value is -2.82. The third kappa shape index (κ3) is 3.37. The molecule has 2 aromatic rings. The molecule has 0 aliphatic heterocycles. The van der Waals surface area contributed by atoms with Gasteiger partial charge in [-0.1, -0.05) is 25.3 Å². The van der Waals surface area contributed by atoms with Crippen LogP contribution in [-0.2, 0) is 0 Å². The Morgan fingerprint density at radius 1 is 0.893 bits per heavy atom. The molecule has 3 N–H and O–H groups in total. The topological polar surface area (TPSA) is 94.8 Å². The van der Waals surface area contributed by atoms with Crippen molar-refractivity contribution >= 4 is 11.9 Å². The minimum atomic E-state index is -1.12. The molecule has 0 saturated heterocycles. The van der Waals surface area contributed by atoms with E-state index in [2.05, 4.69) is 0 Å². The summed E-state index contributed by atoms with van der Waals surface area (Å²) >= 11 is 0. The fourth-order valence-electron chi connectivity index (χ4n) is 4.73. The third-order valence-corrected chi connectivity index (χ3v) is 5.96. The summed E-state index contributed by atoms with van der Waals surface area (Å²) in [6.07, 6.45) is 5.01. The van der Waals surface area contributed by atoms with Crippen LogP contribution in [0.1, 0.15) is 81.0 Å². The molecule has 1 aliphatic carbocycles. The maximum Gasteiger partial charge on any atom is 0.336 e. The molecular weight excluding hydrogens is 356 g/mol. The zero-order chi connectivity index (χ0) is 20.6. The summed E-state index contributed by atoms with van der Waals surface area (Å²) in [6, 6.07) is 4.94. The summed E-state index contributed by atoms with van der Waals surface area (Å²) in [5.74, 6) is -1.99. The average Bonchev–Trinajstić information content (AvgIpc) is 2.62. The van der Waals surface area contributed by atoms with Gasteiger partial charge in [-0.3, -0.25) is 0 Å². The van der Waals surface area contributed by atoms with Crippen LogP contribution in [0.3, 0.4) is 0 Å². The van der Waals surface area contributed by atoms with Crippen LogP contribution < -0.4 is 0 Å². The van der Waals surface area contributed by atoms with Crippen LogP contribution in [-0.4, -0.2) is 27.3 Å². The lowest BCUT2D eigenvalue weighted by atomic mass is 9.74. The summed E-state index contributed by atoms with van der Waals surface area (Å²) in [6.45, 7) is 5.20. The number of phenolic OH excluding ortho intramolecular Hbond substituents is 1. The molecule has 1 saturated carbocycles. The Labute approximate surface area is 164 Å². The third-order valence-electron chi connectivity index (χ3n) is 5.96. The maximum atomic E-state index is 12.3. The number of phenols is 1. The lowest BCUT2D eigenvalue weighted by Crippen LogP contribution is -2.19. The molecule has 0 amide bonds. The molecule has 5 heteroatoms.